The van der Waals surface area contributed by atoms with Gasteiger partial charge in [-0.2, -0.15) is 5.01 Å². The number of rotatable bonds is 4. The highest BCUT2D eigenvalue weighted by molar-refractivity contribution is 5.94. The number of fused-ring (bicyclic) bond motifs is 1. The molecule has 0 saturated heterocycles. The number of carbonyl (C=O) groups is 2. The first kappa shape index (κ1) is 19.2. The number of nitrogens with one attached hydrogen (secondary N) is 1. The summed E-state index contributed by atoms with van der Waals surface area (Å²) in [6.07, 6.45) is -0.553. The van der Waals surface area contributed by atoms with Gasteiger partial charge in [-0.1, -0.05) is 30.3 Å². The molecule has 0 aliphatic rings. The number of imidazole rings is 1. The maximum atomic E-state index is 13.9. The second-order valence-corrected chi connectivity index (χ2v) is 5.59. The Bertz CT molecular complexity index is 990. The predicted octanol–water partition coefficient (Wildman–Crippen LogP) is 3.76. The third kappa shape index (κ3) is 3.88. The lowest BCUT2D eigenvalue weighted by Gasteiger charge is -2.22. The molecule has 0 aliphatic heterocycles. The van der Waals surface area contributed by atoms with Gasteiger partial charge in [-0.05, 0) is 26.0 Å². The standard InChI is InChI=1S/C19H19FN4O4/c1-3-27-18(25)22-24(19(26)28-4-2)17-16(13-8-6-5-7-9-13)21-15-11-10-14(20)12-23(15)17/h5-12H,3-4H2,1-2H3,(H,22,25). The van der Waals surface area contributed by atoms with E-state index in [9.17, 15) is 14.0 Å². The van der Waals surface area contributed by atoms with Crippen molar-refractivity contribution in [3.63, 3.8) is 0 Å². The zero-order valence-electron chi connectivity index (χ0n) is 15.4. The molecule has 28 heavy (non-hydrogen) atoms. The van der Waals surface area contributed by atoms with Crippen LogP contribution in [-0.4, -0.2) is 34.8 Å². The number of carbonyl (C=O) groups excluding carboxylic acids is 2. The van der Waals surface area contributed by atoms with Crippen molar-refractivity contribution in [2.75, 3.05) is 18.2 Å². The molecule has 0 aliphatic carbocycles. The van der Waals surface area contributed by atoms with Gasteiger partial charge in [0.25, 0.3) is 0 Å². The number of aromatic nitrogens is 2. The van der Waals surface area contributed by atoms with Crippen LogP contribution in [0.3, 0.4) is 0 Å². The summed E-state index contributed by atoms with van der Waals surface area (Å²) < 4.78 is 25.2. The molecule has 3 rings (SSSR count). The van der Waals surface area contributed by atoms with E-state index >= 15 is 0 Å². The Morgan fingerprint density at radius 1 is 1.11 bits per heavy atom. The summed E-state index contributed by atoms with van der Waals surface area (Å²) in [5.41, 5.74) is 3.75. The van der Waals surface area contributed by atoms with Crippen LogP contribution in [0.15, 0.2) is 48.7 Å². The molecule has 0 atom stereocenters. The van der Waals surface area contributed by atoms with Crippen molar-refractivity contribution in [1.29, 1.82) is 0 Å². The van der Waals surface area contributed by atoms with Crippen LogP contribution < -0.4 is 10.4 Å². The first-order valence-electron chi connectivity index (χ1n) is 8.68. The third-order valence-electron chi connectivity index (χ3n) is 3.75. The lowest BCUT2D eigenvalue weighted by Crippen LogP contribution is -2.48. The number of halogens is 1. The predicted molar refractivity (Wildman–Crippen MR) is 100 cm³/mol. The summed E-state index contributed by atoms with van der Waals surface area (Å²) in [4.78, 5) is 29.1. The molecule has 2 aromatic heterocycles. The second-order valence-electron chi connectivity index (χ2n) is 5.59. The van der Waals surface area contributed by atoms with Crippen molar-refractivity contribution in [2.24, 2.45) is 0 Å². The van der Waals surface area contributed by atoms with Crippen LogP contribution in [0.4, 0.5) is 19.8 Å². The second kappa shape index (κ2) is 8.38. The lowest BCUT2D eigenvalue weighted by atomic mass is 10.1. The topological polar surface area (TPSA) is 85.2 Å². The molecule has 0 spiro atoms. The fraction of sp³-hybridized carbons (Fsp3) is 0.211. The monoisotopic (exact) mass is 386 g/mol. The third-order valence-corrected chi connectivity index (χ3v) is 3.75. The van der Waals surface area contributed by atoms with Gasteiger partial charge in [-0.3, -0.25) is 4.40 Å². The minimum Gasteiger partial charge on any atom is -0.449 e. The largest absolute Gasteiger partial charge is 0.449 e. The van der Waals surface area contributed by atoms with Gasteiger partial charge in [0.05, 0.1) is 13.2 Å². The molecule has 0 radical (unpaired) electrons. The average molecular weight is 386 g/mol. The zero-order valence-corrected chi connectivity index (χ0v) is 15.4. The smallest absolute Gasteiger partial charge is 0.435 e. The Morgan fingerprint density at radius 3 is 2.50 bits per heavy atom. The number of benzene rings is 1. The molecule has 1 aromatic carbocycles. The fourth-order valence-electron chi connectivity index (χ4n) is 2.64. The summed E-state index contributed by atoms with van der Waals surface area (Å²) in [6.45, 7) is 3.45. The summed E-state index contributed by atoms with van der Waals surface area (Å²) in [6, 6.07) is 11.7. The summed E-state index contributed by atoms with van der Waals surface area (Å²) in [7, 11) is 0. The molecular formula is C19H19FN4O4. The molecule has 0 saturated carbocycles. The first-order valence-corrected chi connectivity index (χ1v) is 8.68. The van der Waals surface area contributed by atoms with Gasteiger partial charge in [0.1, 0.15) is 17.2 Å². The van der Waals surface area contributed by atoms with E-state index < -0.39 is 18.0 Å². The molecule has 0 fully saturated rings. The molecular weight excluding hydrogens is 367 g/mol. The SMILES string of the molecule is CCOC(=O)NN(C(=O)OCC)c1c(-c2ccccc2)nc2ccc(F)cn12. The Balaban J connectivity index is 2.21. The molecule has 1 N–H and O–H groups in total. The molecule has 0 unspecified atom stereocenters. The van der Waals surface area contributed by atoms with Crippen molar-refractivity contribution in [2.45, 2.75) is 13.8 Å². The minimum absolute atomic E-state index is 0.0750. The van der Waals surface area contributed by atoms with Crippen molar-refractivity contribution in [3.05, 3.63) is 54.5 Å². The summed E-state index contributed by atoms with van der Waals surface area (Å²) in [5, 5.41) is 0.864. The van der Waals surface area contributed by atoms with Crippen LogP contribution in [0.5, 0.6) is 0 Å². The highest BCUT2D eigenvalue weighted by atomic mass is 19.1. The highest BCUT2D eigenvalue weighted by Crippen LogP contribution is 2.31. The van der Waals surface area contributed by atoms with Crippen molar-refractivity contribution >= 4 is 23.7 Å². The van der Waals surface area contributed by atoms with Gasteiger partial charge in [0.2, 0.25) is 0 Å². The molecule has 9 heteroatoms. The molecule has 3 aromatic rings. The van der Waals surface area contributed by atoms with E-state index in [4.69, 9.17) is 9.47 Å². The number of ether oxygens (including phenoxy) is 2. The van der Waals surface area contributed by atoms with E-state index in [1.807, 2.05) is 6.07 Å². The van der Waals surface area contributed by atoms with Crippen LogP contribution in [-0.2, 0) is 9.47 Å². The van der Waals surface area contributed by atoms with Gasteiger partial charge in [-0.25, -0.2) is 24.4 Å². The van der Waals surface area contributed by atoms with Crippen LogP contribution in [0, 0.1) is 5.82 Å². The number of amides is 2. The highest BCUT2D eigenvalue weighted by Gasteiger charge is 2.28. The van der Waals surface area contributed by atoms with Crippen LogP contribution in [0.25, 0.3) is 16.9 Å². The van der Waals surface area contributed by atoms with Gasteiger partial charge in [-0.15, -0.1) is 0 Å². The number of nitrogens with zero attached hydrogens (tertiary/aromatic N) is 3. The van der Waals surface area contributed by atoms with E-state index in [0.29, 0.717) is 16.9 Å². The van der Waals surface area contributed by atoms with E-state index in [1.165, 1.54) is 22.7 Å². The van der Waals surface area contributed by atoms with Crippen molar-refractivity contribution in [1.82, 2.24) is 14.8 Å². The number of pyridine rings is 1. The molecule has 146 valence electrons. The number of hydrazine groups is 1. The maximum absolute atomic E-state index is 13.9. The maximum Gasteiger partial charge on any atom is 0.435 e. The first-order chi connectivity index (χ1) is 13.5. The van der Waals surface area contributed by atoms with E-state index in [2.05, 4.69) is 10.4 Å². The van der Waals surface area contributed by atoms with Gasteiger partial charge >= 0.3 is 12.2 Å². The molecule has 2 amide bonds. The van der Waals surface area contributed by atoms with Gasteiger partial charge in [0.15, 0.2) is 5.82 Å². The average Bonchev–Trinajstić information content (AvgIpc) is 3.05. The van der Waals surface area contributed by atoms with E-state index in [0.717, 1.165) is 5.01 Å². The summed E-state index contributed by atoms with van der Waals surface area (Å²) in [5.74, 6) is -0.419. The molecule has 2 heterocycles. The number of anilines is 1. The van der Waals surface area contributed by atoms with Crippen molar-refractivity contribution < 1.29 is 23.5 Å². The minimum atomic E-state index is -0.862. The van der Waals surface area contributed by atoms with Gasteiger partial charge in [0, 0.05) is 11.8 Å². The Hall–Kier alpha value is -3.62. The van der Waals surface area contributed by atoms with Crippen LogP contribution >= 0.6 is 0 Å². The quantitative estimate of drug-likeness (QED) is 0.690. The van der Waals surface area contributed by atoms with Crippen LogP contribution in [0.2, 0.25) is 0 Å². The molecule has 0 bridgehead atoms. The Morgan fingerprint density at radius 2 is 1.82 bits per heavy atom. The number of hydrogen-bond acceptors (Lipinski definition) is 5. The fourth-order valence-corrected chi connectivity index (χ4v) is 2.64. The van der Waals surface area contributed by atoms with Crippen molar-refractivity contribution in [3.8, 4) is 11.3 Å². The van der Waals surface area contributed by atoms with E-state index in [-0.39, 0.29) is 19.0 Å². The van der Waals surface area contributed by atoms with E-state index in [1.54, 1.807) is 38.1 Å². The normalized spacial score (nSPS) is 10.5. The van der Waals surface area contributed by atoms with Gasteiger partial charge < -0.3 is 9.47 Å². The summed E-state index contributed by atoms with van der Waals surface area (Å²) >= 11 is 0. The zero-order chi connectivity index (χ0) is 20.1. The lowest BCUT2D eigenvalue weighted by molar-refractivity contribution is 0.138. The Kier molecular flexibility index (Phi) is 5.73. The Labute approximate surface area is 160 Å². The van der Waals surface area contributed by atoms with Crippen LogP contribution in [0.1, 0.15) is 13.8 Å². The number of hydrogen-bond donors (Lipinski definition) is 1. The molecule has 8 nitrogen and oxygen atoms in total.